The van der Waals surface area contributed by atoms with Gasteiger partial charge in [0.2, 0.25) is 5.91 Å². The molecule has 0 aliphatic carbocycles. The van der Waals surface area contributed by atoms with Gasteiger partial charge in [0.1, 0.15) is 0 Å². The number of aliphatic hydroxyl groups excluding tert-OH is 1. The molecule has 0 aromatic heterocycles. The van der Waals surface area contributed by atoms with Crippen LogP contribution in [0.5, 0.6) is 0 Å². The van der Waals surface area contributed by atoms with Gasteiger partial charge in [-0.15, -0.1) is 0 Å². The summed E-state index contributed by atoms with van der Waals surface area (Å²) < 4.78 is 0. The number of hydrogen-bond donors (Lipinski definition) is 1. The van der Waals surface area contributed by atoms with Gasteiger partial charge in [-0.05, 0) is 37.8 Å². The fourth-order valence-corrected chi connectivity index (χ4v) is 2.45. The van der Waals surface area contributed by atoms with Gasteiger partial charge in [0, 0.05) is 24.8 Å². The third-order valence-electron chi connectivity index (χ3n) is 3.27. The second-order valence-electron chi connectivity index (χ2n) is 4.63. The lowest BCUT2D eigenvalue weighted by Gasteiger charge is -2.22. The standard InChI is InChI=1S/C14H19NO2/c1-11-10-12-6-2-3-7-13(12)15(11)14(17)8-4-5-9-16/h2-3,6-7,11,16H,4-5,8-10H2,1H3. The van der Waals surface area contributed by atoms with Gasteiger partial charge in [-0.1, -0.05) is 18.2 Å². The van der Waals surface area contributed by atoms with Crippen LogP contribution in [-0.4, -0.2) is 23.7 Å². The van der Waals surface area contributed by atoms with Crippen molar-refractivity contribution in [2.24, 2.45) is 0 Å². The molecular weight excluding hydrogens is 214 g/mol. The topological polar surface area (TPSA) is 40.5 Å². The Morgan fingerprint density at radius 1 is 1.41 bits per heavy atom. The molecule has 3 nitrogen and oxygen atoms in total. The third kappa shape index (κ3) is 2.50. The average Bonchev–Trinajstić information content (AvgIpc) is 2.65. The maximum Gasteiger partial charge on any atom is 0.227 e. The van der Waals surface area contributed by atoms with Crippen LogP contribution in [-0.2, 0) is 11.2 Å². The highest BCUT2D eigenvalue weighted by atomic mass is 16.3. The number of benzene rings is 1. The third-order valence-corrected chi connectivity index (χ3v) is 3.27. The number of unbranched alkanes of at least 4 members (excludes halogenated alkanes) is 1. The summed E-state index contributed by atoms with van der Waals surface area (Å²) in [5.41, 5.74) is 2.32. The minimum absolute atomic E-state index is 0.166. The number of nitrogens with zero attached hydrogens (tertiary/aromatic N) is 1. The SMILES string of the molecule is CC1Cc2ccccc2N1C(=O)CCCCO. The molecule has 1 amide bonds. The molecule has 1 aromatic carbocycles. The van der Waals surface area contributed by atoms with Crippen molar-refractivity contribution < 1.29 is 9.90 Å². The zero-order valence-corrected chi connectivity index (χ0v) is 10.2. The highest BCUT2D eigenvalue weighted by molar-refractivity contribution is 5.96. The molecule has 1 aliphatic rings. The summed E-state index contributed by atoms with van der Waals surface area (Å²) in [7, 11) is 0. The van der Waals surface area contributed by atoms with Crippen molar-refractivity contribution in [3.63, 3.8) is 0 Å². The van der Waals surface area contributed by atoms with Crippen molar-refractivity contribution in [3.05, 3.63) is 29.8 Å². The van der Waals surface area contributed by atoms with E-state index in [0.717, 1.165) is 18.5 Å². The van der Waals surface area contributed by atoms with E-state index in [-0.39, 0.29) is 18.6 Å². The Kier molecular flexibility index (Phi) is 3.79. The fourth-order valence-electron chi connectivity index (χ4n) is 2.45. The molecule has 1 heterocycles. The van der Waals surface area contributed by atoms with Crippen LogP contribution in [0.2, 0.25) is 0 Å². The van der Waals surface area contributed by atoms with Crippen LogP contribution in [0.25, 0.3) is 0 Å². The van der Waals surface area contributed by atoms with E-state index in [4.69, 9.17) is 5.11 Å². The first-order valence-electron chi connectivity index (χ1n) is 6.25. The van der Waals surface area contributed by atoms with E-state index in [2.05, 4.69) is 13.0 Å². The summed E-state index contributed by atoms with van der Waals surface area (Å²) in [6.07, 6.45) is 2.94. The number of fused-ring (bicyclic) bond motifs is 1. The van der Waals surface area contributed by atoms with Crippen LogP contribution in [0.1, 0.15) is 31.7 Å². The molecule has 0 saturated carbocycles. The van der Waals surface area contributed by atoms with Gasteiger partial charge in [-0.3, -0.25) is 4.79 Å². The van der Waals surface area contributed by atoms with Crippen LogP contribution < -0.4 is 4.90 Å². The molecule has 0 spiro atoms. The molecule has 1 aliphatic heterocycles. The minimum Gasteiger partial charge on any atom is -0.396 e. The highest BCUT2D eigenvalue weighted by Gasteiger charge is 2.29. The molecule has 92 valence electrons. The summed E-state index contributed by atoms with van der Waals surface area (Å²) in [5.74, 6) is 0.177. The lowest BCUT2D eigenvalue weighted by atomic mass is 10.1. The van der Waals surface area contributed by atoms with E-state index < -0.39 is 0 Å². The Morgan fingerprint density at radius 2 is 2.18 bits per heavy atom. The first kappa shape index (κ1) is 12.1. The number of hydrogen-bond acceptors (Lipinski definition) is 2. The number of rotatable bonds is 4. The number of carbonyl (C=O) groups excluding carboxylic acids is 1. The number of carbonyl (C=O) groups is 1. The molecule has 1 N–H and O–H groups in total. The predicted octanol–water partition coefficient (Wildman–Crippen LogP) is 2.13. The summed E-state index contributed by atoms with van der Waals surface area (Å²) in [6, 6.07) is 8.36. The Labute approximate surface area is 102 Å². The fraction of sp³-hybridized carbons (Fsp3) is 0.500. The molecule has 1 unspecified atom stereocenters. The van der Waals surface area contributed by atoms with Crippen molar-refractivity contribution in [3.8, 4) is 0 Å². The molecule has 0 fully saturated rings. The average molecular weight is 233 g/mol. The number of aliphatic hydroxyl groups is 1. The number of anilines is 1. The molecule has 1 aromatic rings. The summed E-state index contributed by atoms with van der Waals surface area (Å²) in [6.45, 7) is 2.25. The Hall–Kier alpha value is -1.35. The second-order valence-corrected chi connectivity index (χ2v) is 4.63. The van der Waals surface area contributed by atoms with Crippen molar-refractivity contribution >= 4 is 11.6 Å². The van der Waals surface area contributed by atoms with Gasteiger partial charge in [0.05, 0.1) is 0 Å². The normalized spacial score (nSPS) is 18.2. The van der Waals surface area contributed by atoms with Crippen molar-refractivity contribution in [1.29, 1.82) is 0 Å². The maximum absolute atomic E-state index is 12.1. The van der Waals surface area contributed by atoms with E-state index in [0.29, 0.717) is 12.8 Å². The van der Waals surface area contributed by atoms with Crippen molar-refractivity contribution in [2.45, 2.75) is 38.6 Å². The molecular formula is C14H19NO2. The quantitative estimate of drug-likeness (QED) is 0.809. The summed E-state index contributed by atoms with van der Waals surface area (Å²) >= 11 is 0. The van der Waals surface area contributed by atoms with Crippen molar-refractivity contribution in [2.75, 3.05) is 11.5 Å². The molecule has 0 bridgehead atoms. The number of para-hydroxylation sites is 1. The number of amides is 1. The summed E-state index contributed by atoms with van der Waals surface area (Å²) in [4.78, 5) is 14.0. The van der Waals surface area contributed by atoms with Gasteiger partial charge in [0.25, 0.3) is 0 Å². The molecule has 3 heteroatoms. The predicted molar refractivity (Wildman–Crippen MR) is 68.0 cm³/mol. The first-order chi connectivity index (χ1) is 8.24. The minimum atomic E-state index is 0.166. The van der Waals surface area contributed by atoms with Crippen LogP contribution in [0.4, 0.5) is 5.69 Å². The van der Waals surface area contributed by atoms with E-state index in [1.807, 2.05) is 23.1 Å². The Morgan fingerprint density at radius 3 is 2.94 bits per heavy atom. The lowest BCUT2D eigenvalue weighted by Crippen LogP contribution is -2.35. The van der Waals surface area contributed by atoms with Crippen LogP contribution in [0, 0.1) is 0 Å². The van der Waals surface area contributed by atoms with Crippen LogP contribution >= 0.6 is 0 Å². The Bertz CT molecular complexity index is 403. The van der Waals surface area contributed by atoms with Crippen LogP contribution in [0.15, 0.2) is 24.3 Å². The largest absolute Gasteiger partial charge is 0.396 e. The van der Waals surface area contributed by atoms with Crippen LogP contribution in [0.3, 0.4) is 0 Å². The van der Waals surface area contributed by atoms with E-state index in [1.54, 1.807) is 0 Å². The molecule has 0 saturated heterocycles. The zero-order valence-electron chi connectivity index (χ0n) is 10.2. The van der Waals surface area contributed by atoms with Gasteiger partial charge < -0.3 is 10.0 Å². The first-order valence-corrected chi connectivity index (χ1v) is 6.25. The van der Waals surface area contributed by atoms with Crippen molar-refractivity contribution in [1.82, 2.24) is 0 Å². The summed E-state index contributed by atoms with van der Waals surface area (Å²) in [5, 5.41) is 8.73. The van der Waals surface area contributed by atoms with Gasteiger partial charge in [0.15, 0.2) is 0 Å². The molecule has 17 heavy (non-hydrogen) atoms. The van der Waals surface area contributed by atoms with Gasteiger partial charge in [-0.2, -0.15) is 0 Å². The molecule has 0 radical (unpaired) electrons. The van der Waals surface area contributed by atoms with Gasteiger partial charge in [-0.25, -0.2) is 0 Å². The van der Waals surface area contributed by atoms with E-state index in [9.17, 15) is 4.79 Å². The Balaban J connectivity index is 2.08. The monoisotopic (exact) mass is 233 g/mol. The molecule has 1 atom stereocenters. The maximum atomic E-state index is 12.1. The van der Waals surface area contributed by atoms with E-state index >= 15 is 0 Å². The molecule has 2 rings (SSSR count). The van der Waals surface area contributed by atoms with Gasteiger partial charge >= 0.3 is 0 Å². The lowest BCUT2D eigenvalue weighted by molar-refractivity contribution is -0.119. The van der Waals surface area contributed by atoms with E-state index in [1.165, 1.54) is 5.56 Å². The highest BCUT2D eigenvalue weighted by Crippen LogP contribution is 2.32. The zero-order chi connectivity index (χ0) is 12.3. The second kappa shape index (κ2) is 5.32. The smallest absolute Gasteiger partial charge is 0.227 e.